The molecule has 1 saturated heterocycles. The second-order valence-electron chi connectivity index (χ2n) is 12.3. The highest BCUT2D eigenvalue weighted by atomic mass is 16.6. The summed E-state index contributed by atoms with van der Waals surface area (Å²) in [5, 5.41) is 5.71. The zero-order chi connectivity index (χ0) is 29.4. The zero-order valence-corrected chi connectivity index (χ0v) is 24.8. The van der Waals surface area contributed by atoms with Crippen molar-refractivity contribution in [2.75, 3.05) is 33.8 Å². The average Bonchev–Trinajstić information content (AvgIpc) is 3.32. The molecule has 0 spiro atoms. The van der Waals surface area contributed by atoms with Crippen LogP contribution in [0.4, 0.5) is 4.79 Å². The predicted molar refractivity (Wildman–Crippen MR) is 152 cm³/mol. The van der Waals surface area contributed by atoms with Gasteiger partial charge in [-0.3, -0.25) is 9.59 Å². The van der Waals surface area contributed by atoms with Gasteiger partial charge in [0.25, 0.3) is 0 Å². The van der Waals surface area contributed by atoms with E-state index < -0.39 is 29.2 Å². The summed E-state index contributed by atoms with van der Waals surface area (Å²) in [5.74, 6) is 2.72. The van der Waals surface area contributed by atoms with Gasteiger partial charge in [0.15, 0.2) is 0 Å². The molecule has 0 aromatic heterocycles. The summed E-state index contributed by atoms with van der Waals surface area (Å²) in [7, 11) is 4.02. The smallest absolute Gasteiger partial charge is 0.408 e. The van der Waals surface area contributed by atoms with Crippen molar-refractivity contribution in [1.29, 1.82) is 0 Å². The van der Waals surface area contributed by atoms with Crippen LogP contribution in [0.2, 0.25) is 0 Å². The Bertz CT molecular complexity index is 1050. The maximum absolute atomic E-state index is 13.6. The van der Waals surface area contributed by atoms with E-state index in [2.05, 4.69) is 21.5 Å². The molecule has 2 atom stereocenters. The summed E-state index contributed by atoms with van der Waals surface area (Å²) in [6.07, 6.45) is 7.01. The van der Waals surface area contributed by atoms with Crippen LogP contribution in [0, 0.1) is 17.8 Å². The molecule has 0 bridgehead atoms. The number of alkyl carbamates (subject to hydrolysis) is 1. The molecule has 1 aliphatic heterocycles. The lowest BCUT2D eigenvalue weighted by Crippen LogP contribution is -2.58. The molecule has 2 unspecified atom stereocenters. The van der Waals surface area contributed by atoms with Crippen LogP contribution >= 0.6 is 0 Å². The molecule has 2 rings (SSSR count). The first-order valence-corrected chi connectivity index (χ1v) is 13.6. The fourth-order valence-corrected chi connectivity index (χ4v) is 4.33. The average molecular weight is 543 g/mol. The molecule has 3 amide bonds. The third kappa shape index (κ3) is 10.1. The molecular formula is C30H46N4O5. The van der Waals surface area contributed by atoms with Crippen molar-refractivity contribution in [3.8, 4) is 18.1 Å². The summed E-state index contributed by atoms with van der Waals surface area (Å²) in [4.78, 5) is 43.1. The minimum Gasteiger partial charge on any atom is -0.493 e. The molecule has 39 heavy (non-hydrogen) atoms. The SMILES string of the molecule is C#Cc1ccc(CNC(=O)C2CCCN2C(=O)C(NC(=O)OC(C)(C)C)C(C)(C)C)c(OCCCN(C)C)c1. The van der Waals surface area contributed by atoms with Gasteiger partial charge < -0.3 is 29.9 Å². The molecule has 216 valence electrons. The second kappa shape index (κ2) is 13.7. The number of rotatable bonds is 10. The van der Waals surface area contributed by atoms with E-state index in [0.29, 0.717) is 37.3 Å². The van der Waals surface area contributed by atoms with Gasteiger partial charge in [0.1, 0.15) is 23.4 Å². The Morgan fingerprint density at radius 1 is 1.18 bits per heavy atom. The van der Waals surface area contributed by atoms with E-state index in [4.69, 9.17) is 15.9 Å². The van der Waals surface area contributed by atoms with E-state index in [9.17, 15) is 14.4 Å². The molecule has 1 fully saturated rings. The van der Waals surface area contributed by atoms with Crippen molar-refractivity contribution in [2.45, 2.75) is 85.0 Å². The third-order valence-electron chi connectivity index (χ3n) is 6.31. The minimum absolute atomic E-state index is 0.240. The van der Waals surface area contributed by atoms with E-state index in [1.807, 2.05) is 47.0 Å². The Balaban J connectivity index is 2.11. The fraction of sp³-hybridized carbons (Fsp3) is 0.633. The molecule has 0 radical (unpaired) electrons. The standard InChI is InChI=1S/C30H46N4O5/c1-10-21-14-15-22(24(19-21)38-18-12-16-33(8)9)20-31-26(35)23-13-11-17-34(23)27(36)25(29(2,3)4)32-28(37)39-30(5,6)7/h1,14-15,19,23,25H,11-13,16-18,20H2,2-9H3,(H,31,35)(H,32,37). The van der Waals surface area contributed by atoms with Crippen LogP contribution < -0.4 is 15.4 Å². The summed E-state index contributed by atoms with van der Waals surface area (Å²) in [5.41, 5.74) is 0.224. The van der Waals surface area contributed by atoms with Gasteiger partial charge in [0.05, 0.1) is 6.61 Å². The Morgan fingerprint density at radius 3 is 2.46 bits per heavy atom. The Labute approximate surface area is 234 Å². The van der Waals surface area contributed by atoms with Gasteiger partial charge in [-0.1, -0.05) is 32.8 Å². The summed E-state index contributed by atoms with van der Waals surface area (Å²) in [6, 6.07) is 4.00. The molecule has 1 aromatic rings. The Kier molecular flexibility index (Phi) is 11.2. The molecule has 1 heterocycles. The number of ether oxygens (including phenoxy) is 2. The van der Waals surface area contributed by atoms with Crippen molar-refractivity contribution >= 4 is 17.9 Å². The molecule has 0 aliphatic carbocycles. The van der Waals surface area contributed by atoms with Gasteiger partial charge in [0, 0.05) is 30.8 Å². The quantitative estimate of drug-likeness (QED) is 0.347. The van der Waals surface area contributed by atoms with Gasteiger partial charge in [0.2, 0.25) is 11.8 Å². The van der Waals surface area contributed by atoms with Crippen LogP contribution in [0.5, 0.6) is 5.75 Å². The van der Waals surface area contributed by atoms with Gasteiger partial charge in [-0.2, -0.15) is 0 Å². The highest BCUT2D eigenvalue weighted by Crippen LogP contribution is 2.27. The number of terminal acetylenes is 1. The third-order valence-corrected chi connectivity index (χ3v) is 6.31. The van der Waals surface area contributed by atoms with Crippen LogP contribution in [0.15, 0.2) is 18.2 Å². The fourth-order valence-electron chi connectivity index (χ4n) is 4.33. The van der Waals surface area contributed by atoms with Crippen molar-refractivity contribution in [3.05, 3.63) is 29.3 Å². The highest BCUT2D eigenvalue weighted by molar-refractivity contribution is 5.92. The lowest BCUT2D eigenvalue weighted by atomic mass is 9.85. The van der Waals surface area contributed by atoms with Crippen LogP contribution in [0.25, 0.3) is 0 Å². The maximum Gasteiger partial charge on any atom is 0.408 e. The van der Waals surface area contributed by atoms with Crippen molar-refractivity contribution in [1.82, 2.24) is 20.4 Å². The number of nitrogens with one attached hydrogen (secondary N) is 2. The molecule has 9 heteroatoms. The van der Waals surface area contributed by atoms with E-state index in [-0.39, 0.29) is 18.4 Å². The lowest BCUT2D eigenvalue weighted by Gasteiger charge is -2.35. The van der Waals surface area contributed by atoms with Crippen molar-refractivity contribution in [3.63, 3.8) is 0 Å². The number of amides is 3. The molecule has 2 N–H and O–H groups in total. The van der Waals surface area contributed by atoms with E-state index in [1.54, 1.807) is 31.7 Å². The van der Waals surface area contributed by atoms with Crippen molar-refractivity contribution < 1.29 is 23.9 Å². The summed E-state index contributed by atoms with van der Waals surface area (Å²) >= 11 is 0. The first-order valence-electron chi connectivity index (χ1n) is 13.6. The van der Waals surface area contributed by atoms with Crippen LogP contribution in [-0.2, 0) is 20.9 Å². The molecule has 0 saturated carbocycles. The topological polar surface area (TPSA) is 100 Å². The van der Waals surface area contributed by atoms with Crippen LogP contribution in [0.3, 0.4) is 0 Å². The summed E-state index contributed by atoms with van der Waals surface area (Å²) < 4.78 is 11.4. The first-order chi connectivity index (χ1) is 18.1. The van der Waals surface area contributed by atoms with Crippen molar-refractivity contribution in [2.24, 2.45) is 5.41 Å². The number of likely N-dealkylation sites (tertiary alicyclic amines) is 1. The Hall–Kier alpha value is -3.25. The molecule has 1 aliphatic rings. The molecule has 1 aromatic carbocycles. The molecular weight excluding hydrogens is 496 g/mol. The van der Waals surface area contributed by atoms with Crippen LogP contribution in [-0.4, -0.2) is 79.2 Å². The van der Waals surface area contributed by atoms with E-state index >= 15 is 0 Å². The number of hydrogen-bond donors (Lipinski definition) is 2. The zero-order valence-electron chi connectivity index (χ0n) is 24.8. The number of carbonyl (C=O) groups is 3. The molecule has 9 nitrogen and oxygen atoms in total. The normalized spacial score (nSPS) is 16.4. The van der Waals surface area contributed by atoms with Crippen LogP contribution in [0.1, 0.15) is 71.9 Å². The first kappa shape index (κ1) is 32.0. The monoisotopic (exact) mass is 542 g/mol. The minimum atomic E-state index is -0.848. The predicted octanol–water partition coefficient (Wildman–Crippen LogP) is 3.55. The maximum atomic E-state index is 13.6. The lowest BCUT2D eigenvalue weighted by molar-refractivity contribution is -0.142. The number of carbonyl (C=O) groups excluding carboxylic acids is 3. The number of benzene rings is 1. The van der Waals surface area contributed by atoms with Gasteiger partial charge >= 0.3 is 6.09 Å². The van der Waals surface area contributed by atoms with Gasteiger partial charge in [-0.15, -0.1) is 6.42 Å². The highest BCUT2D eigenvalue weighted by Gasteiger charge is 2.42. The van der Waals surface area contributed by atoms with Gasteiger partial charge in [-0.25, -0.2) is 4.79 Å². The Morgan fingerprint density at radius 2 is 1.87 bits per heavy atom. The van der Waals surface area contributed by atoms with Gasteiger partial charge in [-0.05, 0) is 71.7 Å². The number of hydrogen-bond acceptors (Lipinski definition) is 6. The second-order valence-corrected chi connectivity index (χ2v) is 12.3. The van der Waals surface area contributed by atoms with E-state index in [1.165, 1.54) is 0 Å². The number of nitrogens with zero attached hydrogens (tertiary/aromatic N) is 2. The van der Waals surface area contributed by atoms with E-state index in [0.717, 1.165) is 18.5 Å². The summed E-state index contributed by atoms with van der Waals surface area (Å²) in [6.45, 7) is 13.0. The largest absolute Gasteiger partial charge is 0.493 e.